The van der Waals surface area contributed by atoms with Crippen LogP contribution in [0.4, 0.5) is 20.4 Å². The van der Waals surface area contributed by atoms with Crippen LogP contribution in [0.1, 0.15) is 0 Å². The number of anilines is 2. The summed E-state index contributed by atoms with van der Waals surface area (Å²) in [6.45, 7) is 4.24. The van der Waals surface area contributed by atoms with Crippen LogP contribution in [0.3, 0.4) is 0 Å². The lowest BCUT2D eigenvalue weighted by Crippen LogP contribution is -2.41. The molecule has 1 fully saturated rings. The zero-order chi connectivity index (χ0) is 26.3. The highest BCUT2D eigenvalue weighted by atomic mass is 32.1. The molecule has 14 heteroatoms. The van der Waals surface area contributed by atoms with Gasteiger partial charge in [-0.25, -0.2) is 19.6 Å². The van der Waals surface area contributed by atoms with Crippen molar-refractivity contribution in [2.45, 2.75) is 0 Å². The third kappa shape index (κ3) is 6.16. The first kappa shape index (κ1) is 25.4. The number of hydrogen-bond donors (Lipinski definition) is 4. The molecule has 1 saturated heterocycles. The first-order valence-electron chi connectivity index (χ1n) is 11.9. The number of morpholine rings is 1. The number of H-pyrrole nitrogens is 1. The molecular weight excluding hydrogens is 512 g/mol. The van der Waals surface area contributed by atoms with Gasteiger partial charge in [0.1, 0.15) is 11.5 Å². The number of carbonyl (C=O) groups is 2. The fourth-order valence-corrected chi connectivity index (χ4v) is 4.61. The fourth-order valence-electron chi connectivity index (χ4n) is 3.84. The topological polar surface area (TPSA) is 156 Å². The van der Waals surface area contributed by atoms with Gasteiger partial charge in [0.25, 0.3) is 0 Å². The largest absolute Gasteiger partial charge is 0.495 e. The van der Waals surface area contributed by atoms with Crippen LogP contribution in [0.15, 0.2) is 42.7 Å². The summed E-state index contributed by atoms with van der Waals surface area (Å²) >= 11 is 1.22. The van der Waals surface area contributed by atoms with Gasteiger partial charge in [-0.15, -0.1) is 0 Å². The van der Waals surface area contributed by atoms with Crippen molar-refractivity contribution in [3.63, 3.8) is 0 Å². The van der Waals surface area contributed by atoms with Gasteiger partial charge in [-0.2, -0.15) is 5.10 Å². The second-order valence-electron chi connectivity index (χ2n) is 8.22. The maximum atomic E-state index is 12.5. The van der Waals surface area contributed by atoms with E-state index in [1.807, 2.05) is 6.07 Å². The highest BCUT2D eigenvalue weighted by Crippen LogP contribution is 2.33. The van der Waals surface area contributed by atoms with Crippen molar-refractivity contribution in [2.24, 2.45) is 0 Å². The molecule has 0 atom stereocenters. The monoisotopic (exact) mass is 538 g/mol. The Kier molecular flexibility index (Phi) is 7.92. The molecule has 3 amide bonds. The van der Waals surface area contributed by atoms with Crippen molar-refractivity contribution in [2.75, 3.05) is 57.1 Å². The van der Waals surface area contributed by atoms with Crippen LogP contribution in [0.25, 0.3) is 21.6 Å². The molecule has 13 nitrogen and oxygen atoms in total. The number of benzene rings is 1. The molecule has 4 N–H and O–H groups in total. The number of ether oxygens (including phenoxy) is 3. The highest BCUT2D eigenvalue weighted by Gasteiger charge is 2.17. The Labute approximate surface area is 221 Å². The molecule has 0 saturated carbocycles. The van der Waals surface area contributed by atoms with E-state index in [0.29, 0.717) is 70.2 Å². The highest BCUT2D eigenvalue weighted by molar-refractivity contribution is 7.19. The Morgan fingerprint density at radius 2 is 2.00 bits per heavy atom. The van der Waals surface area contributed by atoms with Crippen LogP contribution in [-0.2, 0) is 4.74 Å². The summed E-state index contributed by atoms with van der Waals surface area (Å²) in [6.07, 6.45) is 2.56. The van der Waals surface area contributed by atoms with Gasteiger partial charge in [0.05, 0.1) is 48.2 Å². The van der Waals surface area contributed by atoms with Gasteiger partial charge in [-0.05, 0) is 12.1 Å². The second kappa shape index (κ2) is 11.9. The summed E-state index contributed by atoms with van der Waals surface area (Å²) in [5.41, 5.74) is 1.49. The Bertz CT molecular complexity index is 1420. The minimum absolute atomic E-state index is 0.305. The van der Waals surface area contributed by atoms with Crippen molar-refractivity contribution in [3.8, 4) is 22.1 Å². The van der Waals surface area contributed by atoms with Crippen LogP contribution >= 0.6 is 11.3 Å². The van der Waals surface area contributed by atoms with Crippen LogP contribution in [0.5, 0.6) is 11.5 Å². The van der Waals surface area contributed by atoms with Crippen molar-refractivity contribution in [1.29, 1.82) is 0 Å². The molecule has 38 heavy (non-hydrogen) atoms. The smallest absolute Gasteiger partial charge is 0.412 e. The number of hydrogen-bond acceptors (Lipinski definition) is 10. The predicted molar refractivity (Wildman–Crippen MR) is 142 cm³/mol. The van der Waals surface area contributed by atoms with Crippen LogP contribution in [-0.4, -0.2) is 83.7 Å². The van der Waals surface area contributed by atoms with E-state index in [0.717, 1.165) is 13.1 Å². The lowest BCUT2D eigenvalue weighted by Gasteiger charge is -2.26. The molecule has 1 aliphatic rings. The molecule has 5 rings (SSSR count). The molecule has 0 unspecified atom stereocenters. The predicted octanol–water partition coefficient (Wildman–Crippen LogP) is 3.15. The number of methoxy groups -OCH3 is 1. The van der Waals surface area contributed by atoms with Crippen LogP contribution in [0.2, 0.25) is 0 Å². The maximum Gasteiger partial charge on any atom is 0.412 e. The number of amides is 3. The third-order valence-corrected chi connectivity index (χ3v) is 6.66. The number of rotatable bonds is 8. The number of aromatic amines is 1. The SMILES string of the molecule is COc1ccccc1NC(=O)Nc1ncc(-c2cc(OC(=O)NCCN3CCOCC3)c3cn[nH]c3n2)s1. The molecule has 198 valence electrons. The van der Waals surface area contributed by atoms with Gasteiger partial charge in [0.15, 0.2) is 10.8 Å². The van der Waals surface area contributed by atoms with Crippen molar-refractivity contribution >= 4 is 45.3 Å². The normalized spacial score (nSPS) is 13.7. The second-order valence-corrected chi connectivity index (χ2v) is 9.25. The number of carbonyl (C=O) groups excluding carboxylic acids is 2. The summed E-state index contributed by atoms with van der Waals surface area (Å²) in [7, 11) is 1.53. The number of nitrogens with one attached hydrogen (secondary N) is 4. The van der Waals surface area contributed by atoms with E-state index in [1.165, 1.54) is 18.4 Å². The summed E-state index contributed by atoms with van der Waals surface area (Å²) in [5.74, 6) is 0.844. The average Bonchev–Trinajstić information content (AvgIpc) is 3.59. The number of pyridine rings is 1. The number of para-hydroxylation sites is 2. The van der Waals surface area contributed by atoms with Crippen LogP contribution in [0, 0.1) is 0 Å². The lowest BCUT2D eigenvalue weighted by atomic mass is 10.2. The summed E-state index contributed by atoms with van der Waals surface area (Å²) in [4.78, 5) is 36.7. The van der Waals surface area contributed by atoms with E-state index >= 15 is 0 Å². The van der Waals surface area contributed by atoms with E-state index in [9.17, 15) is 9.59 Å². The molecule has 0 spiro atoms. The van der Waals surface area contributed by atoms with Gasteiger partial charge in [0.2, 0.25) is 0 Å². The Morgan fingerprint density at radius 3 is 2.84 bits per heavy atom. The Hall–Kier alpha value is -4.27. The third-order valence-electron chi connectivity index (χ3n) is 5.72. The van der Waals surface area contributed by atoms with E-state index in [1.54, 1.807) is 36.7 Å². The zero-order valence-electron chi connectivity index (χ0n) is 20.5. The maximum absolute atomic E-state index is 12.5. The number of aromatic nitrogens is 4. The van der Waals surface area contributed by atoms with E-state index < -0.39 is 12.1 Å². The van der Waals surface area contributed by atoms with Crippen molar-refractivity contribution < 1.29 is 23.8 Å². The van der Waals surface area contributed by atoms with E-state index in [-0.39, 0.29) is 0 Å². The Balaban J connectivity index is 1.24. The molecule has 3 aromatic heterocycles. The van der Waals surface area contributed by atoms with Gasteiger partial charge >= 0.3 is 12.1 Å². The zero-order valence-corrected chi connectivity index (χ0v) is 21.3. The van der Waals surface area contributed by atoms with Gasteiger partial charge < -0.3 is 24.8 Å². The number of nitrogens with zero attached hydrogens (tertiary/aromatic N) is 4. The summed E-state index contributed by atoms with van der Waals surface area (Å²) in [6, 6.07) is 8.26. The summed E-state index contributed by atoms with van der Waals surface area (Å²) < 4.78 is 16.2. The number of fused-ring (bicyclic) bond motifs is 1. The van der Waals surface area contributed by atoms with E-state index in [4.69, 9.17) is 14.2 Å². The molecule has 4 aromatic rings. The van der Waals surface area contributed by atoms with Gasteiger partial charge in [-0.3, -0.25) is 15.3 Å². The molecular formula is C24H26N8O5S. The quantitative estimate of drug-likeness (QED) is 0.265. The average molecular weight is 539 g/mol. The number of thiazole rings is 1. The standard InChI is InChI=1S/C24H26N8O5S/c1-35-18-5-3-2-4-16(18)29-22(33)30-23-26-14-20(38-23)17-12-19(15-13-27-31-21(15)28-17)37-24(34)25-6-7-32-8-10-36-11-9-32/h2-5,12-14H,6-11H2,1H3,(H,25,34)(H,27,28,31)(H2,26,29,30,33). The first-order chi connectivity index (χ1) is 18.6. The van der Waals surface area contributed by atoms with Crippen LogP contribution < -0.4 is 25.4 Å². The van der Waals surface area contributed by atoms with Gasteiger partial charge in [-0.1, -0.05) is 23.5 Å². The van der Waals surface area contributed by atoms with Gasteiger partial charge in [0, 0.05) is 38.4 Å². The fraction of sp³-hybridized carbons (Fsp3) is 0.292. The number of urea groups is 1. The minimum atomic E-state index is -0.572. The van der Waals surface area contributed by atoms with E-state index in [2.05, 4.69) is 41.0 Å². The lowest BCUT2D eigenvalue weighted by molar-refractivity contribution is 0.0385. The molecule has 0 aliphatic carbocycles. The summed E-state index contributed by atoms with van der Waals surface area (Å²) in [5, 5.41) is 16.0. The Morgan fingerprint density at radius 1 is 1.16 bits per heavy atom. The molecule has 0 bridgehead atoms. The first-order valence-corrected chi connectivity index (χ1v) is 12.7. The molecule has 1 aliphatic heterocycles. The molecule has 0 radical (unpaired) electrons. The van der Waals surface area contributed by atoms with Crippen molar-refractivity contribution in [1.82, 2.24) is 30.4 Å². The molecule has 4 heterocycles. The van der Waals surface area contributed by atoms with Crippen molar-refractivity contribution in [3.05, 3.63) is 42.7 Å². The minimum Gasteiger partial charge on any atom is -0.495 e. The molecule has 1 aromatic carbocycles.